The van der Waals surface area contributed by atoms with E-state index >= 15 is 0 Å². The largest absolute Gasteiger partial charge is 0.393 e. The molecule has 1 aliphatic carbocycles. The summed E-state index contributed by atoms with van der Waals surface area (Å²) in [5.74, 6) is -1.59. The van der Waals surface area contributed by atoms with Crippen LogP contribution in [0.25, 0.3) is 0 Å². The zero-order chi connectivity index (χ0) is 14.8. The van der Waals surface area contributed by atoms with Crippen molar-refractivity contribution in [2.24, 2.45) is 5.92 Å². The van der Waals surface area contributed by atoms with Crippen molar-refractivity contribution in [3.05, 3.63) is 35.1 Å². The molecule has 112 valence electrons. The highest BCUT2D eigenvalue weighted by atomic mass is 19.4. The van der Waals surface area contributed by atoms with Gasteiger partial charge in [0.1, 0.15) is 5.82 Å². The predicted octanol–water partition coefficient (Wildman–Crippen LogP) is 4.34. The van der Waals surface area contributed by atoms with Crippen molar-refractivity contribution < 1.29 is 17.6 Å². The molecule has 1 nitrogen and oxygen atoms in total. The summed E-state index contributed by atoms with van der Waals surface area (Å²) in [4.78, 5) is 0. The molecule has 2 rings (SSSR count). The van der Waals surface area contributed by atoms with Crippen LogP contribution in [0.15, 0.2) is 18.2 Å². The van der Waals surface area contributed by atoms with Gasteiger partial charge in [0, 0.05) is 12.6 Å². The van der Waals surface area contributed by atoms with Crippen LogP contribution in [0.5, 0.6) is 0 Å². The minimum atomic E-state index is -4.14. The van der Waals surface area contributed by atoms with Crippen LogP contribution in [0, 0.1) is 18.7 Å². The number of alkyl halides is 3. The minimum Gasteiger partial charge on any atom is -0.309 e. The molecule has 1 aromatic carbocycles. The molecule has 20 heavy (non-hydrogen) atoms. The Labute approximate surface area is 116 Å². The Morgan fingerprint density at radius 2 is 1.90 bits per heavy atom. The number of hydrogen-bond donors (Lipinski definition) is 1. The topological polar surface area (TPSA) is 12.0 Å². The summed E-state index contributed by atoms with van der Waals surface area (Å²) in [5.41, 5.74) is 1.61. The lowest BCUT2D eigenvalue weighted by Gasteiger charge is -2.33. The fourth-order valence-electron chi connectivity index (χ4n) is 2.87. The number of rotatable bonds is 3. The fraction of sp³-hybridized carbons (Fsp3) is 0.600. The van der Waals surface area contributed by atoms with E-state index in [0.29, 0.717) is 19.4 Å². The molecule has 2 atom stereocenters. The summed E-state index contributed by atoms with van der Waals surface area (Å²) in [6.45, 7) is 2.12. The SMILES string of the molecule is Cc1cc(F)ccc1CNC1CCCCC1C(F)(F)F. The molecule has 1 N–H and O–H groups in total. The monoisotopic (exact) mass is 289 g/mol. The Morgan fingerprint density at radius 3 is 2.55 bits per heavy atom. The molecule has 0 amide bonds. The summed E-state index contributed by atoms with van der Waals surface area (Å²) >= 11 is 0. The lowest BCUT2D eigenvalue weighted by Crippen LogP contribution is -2.45. The second kappa shape index (κ2) is 6.12. The highest BCUT2D eigenvalue weighted by Crippen LogP contribution is 2.37. The van der Waals surface area contributed by atoms with Crippen LogP contribution in [0.1, 0.15) is 36.8 Å². The maximum atomic E-state index is 13.0. The van der Waals surface area contributed by atoms with Gasteiger partial charge < -0.3 is 5.32 Å². The van der Waals surface area contributed by atoms with Gasteiger partial charge in [0.05, 0.1) is 5.92 Å². The average Bonchev–Trinajstić information content (AvgIpc) is 2.37. The van der Waals surface area contributed by atoms with Gasteiger partial charge in [-0.25, -0.2) is 4.39 Å². The standard InChI is InChI=1S/C15H19F4N/c1-10-8-12(16)7-6-11(10)9-20-14-5-3-2-4-13(14)15(17,18)19/h6-8,13-14,20H,2-5,9H2,1H3. The molecule has 0 spiro atoms. The molecule has 1 aliphatic rings. The van der Waals surface area contributed by atoms with Crippen LogP contribution < -0.4 is 5.32 Å². The number of nitrogens with one attached hydrogen (secondary N) is 1. The number of halogens is 4. The molecular weight excluding hydrogens is 270 g/mol. The Morgan fingerprint density at radius 1 is 1.20 bits per heavy atom. The maximum absolute atomic E-state index is 13.0. The minimum absolute atomic E-state index is 0.198. The zero-order valence-electron chi connectivity index (χ0n) is 11.4. The van der Waals surface area contributed by atoms with Crippen LogP contribution in [0.2, 0.25) is 0 Å². The lowest BCUT2D eigenvalue weighted by atomic mass is 9.84. The van der Waals surface area contributed by atoms with Gasteiger partial charge in [-0.05, 0) is 43.0 Å². The molecule has 0 aliphatic heterocycles. The average molecular weight is 289 g/mol. The van der Waals surface area contributed by atoms with Crippen LogP contribution in [0.4, 0.5) is 17.6 Å². The van der Waals surface area contributed by atoms with E-state index in [9.17, 15) is 17.6 Å². The van der Waals surface area contributed by atoms with E-state index < -0.39 is 18.1 Å². The van der Waals surface area contributed by atoms with Crippen LogP contribution in [-0.2, 0) is 6.54 Å². The van der Waals surface area contributed by atoms with E-state index in [1.807, 2.05) is 0 Å². The third-order valence-electron chi connectivity index (χ3n) is 4.05. The summed E-state index contributed by atoms with van der Waals surface area (Å²) in [7, 11) is 0. The lowest BCUT2D eigenvalue weighted by molar-refractivity contribution is -0.189. The van der Waals surface area contributed by atoms with Gasteiger partial charge >= 0.3 is 6.18 Å². The molecule has 0 saturated heterocycles. The third-order valence-corrected chi connectivity index (χ3v) is 4.05. The fourth-order valence-corrected chi connectivity index (χ4v) is 2.87. The van der Waals surface area contributed by atoms with E-state index in [4.69, 9.17) is 0 Å². The van der Waals surface area contributed by atoms with Crippen LogP contribution >= 0.6 is 0 Å². The summed E-state index contributed by atoms with van der Waals surface area (Å²) in [6, 6.07) is 3.84. The molecule has 1 aromatic rings. The first-order valence-electron chi connectivity index (χ1n) is 6.93. The van der Waals surface area contributed by atoms with Gasteiger partial charge in [0.15, 0.2) is 0 Å². The van der Waals surface area contributed by atoms with E-state index in [-0.39, 0.29) is 12.2 Å². The Hall–Kier alpha value is -1.10. The summed E-state index contributed by atoms with van der Waals surface area (Å²) < 4.78 is 51.9. The molecule has 2 unspecified atom stereocenters. The third kappa shape index (κ3) is 3.72. The number of hydrogen-bond acceptors (Lipinski definition) is 1. The quantitative estimate of drug-likeness (QED) is 0.816. The van der Waals surface area contributed by atoms with Gasteiger partial charge in [-0.15, -0.1) is 0 Å². The second-order valence-electron chi connectivity index (χ2n) is 5.49. The summed E-state index contributed by atoms with van der Waals surface area (Å²) in [5, 5.41) is 3.01. The predicted molar refractivity (Wildman–Crippen MR) is 69.8 cm³/mol. The normalized spacial score (nSPS) is 23.9. The molecule has 1 saturated carbocycles. The van der Waals surface area contributed by atoms with E-state index in [1.54, 1.807) is 13.0 Å². The van der Waals surface area contributed by atoms with Gasteiger partial charge in [-0.1, -0.05) is 18.9 Å². The molecule has 0 aromatic heterocycles. The second-order valence-corrected chi connectivity index (χ2v) is 5.49. The van der Waals surface area contributed by atoms with Gasteiger partial charge in [0.2, 0.25) is 0 Å². The van der Waals surface area contributed by atoms with Crippen molar-refractivity contribution in [1.29, 1.82) is 0 Å². The zero-order valence-corrected chi connectivity index (χ0v) is 11.4. The van der Waals surface area contributed by atoms with Crippen molar-refractivity contribution >= 4 is 0 Å². The highest BCUT2D eigenvalue weighted by molar-refractivity contribution is 5.26. The molecule has 0 bridgehead atoms. The van der Waals surface area contributed by atoms with Gasteiger partial charge in [-0.3, -0.25) is 0 Å². The number of benzene rings is 1. The Kier molecular flexibility index (Phi) is 4.68. The molecule has 1 fully saturated rings. The van der Waals surface area contributed by atoms with Crippen molar-refractivity contribution in [3.63, 3.8) is 0 Å². The van der Waals surface area contributed by atoms with Gasteiger partial charge in [-0.2, -0.15) is 13.2 Å². The first kappa shape index (κ1) is 15.3. The van der Waals surface area contributed by atoms with Crippen molar-refractivity contribution in [2.45, 2.75) is 51.4 Å². The van der Waals surface area contributed by atoms with Crippen LogP contribution in [-0.4, -0.2) is 12.2 Å². The summed E-state index contributed by atoms with van der Waals surface area (Å²) in [6.07, 6.45) is -1.94. The van der Waals surface area contributed by atoms with E-state index in [1.165, 1.54) is 12.1 Å². The van der Waals surface area contributed by atoms with E-state index in [0.717, 1.165) is 17.5 Å². The first-order chi connectivity index (χ1) is 9.38. The first-order valence-corrected chi connectivity index (χ1v) is 6.93. The van der Waals surface area contributed by atoms with Crippen molar-refractivity contribution in [2.75, 3.05) is 0 Å². The molecule has 5 heteroatoms. The van der Waals surface area contributed by atoms with Crippen molar-refractivity contribution in [3.8, 4) is 0 Å². The van der Waals surface area contributed by atoms with E-state index in [2.05, 4.69) is 5.32 Å². The van der Waals surface area contributed by atoms with Crippen molar-refractivity contribution in [1.82, 2.24) is 5.32 Å². The molecule has 0 radical (unpaired) electrons. The smallest absolute Gasteiger partial charge is 0.309 e. The molecule has 0 heterocycles. The molecular formula is C15H19F4N. The Bertz CT molecular complexity index is 456. The van der Waals surface area contributed by atoms with Gasteiger partial charge in [0.25, 0.3) is 0 Å². The Balaban J connectivity index is 2.01. The highest BCUT2D eigenvalue weighted by Gasteiger charge is 2.45. The number of aryl methyl sites for hydroxylation is 1. The maximum Gasteiger partial charge on any atom is 0.393 e. The van der Waals surface area contributed by atoms with Crippen LogP contribution in [0.3, 0.4) is 0 Å².